The first-order chi connectivity index (χ1) is 9.59. The summed E-state index contributed by atoms with van der Waals surface area (Å²) in [7, 11) is 0. The highest BCUT2D eigenvalue weighted by atomic mass is 16.4. The van der Waals surface area contributed by atoms with Gasteiger partial charge in [0, 0.05) is 17.2 Å². The second kappa shape index (κ2) is 5.32. The molecule has 1 aromatic rings. The summed E-state index contributed by atoms with van der Waals surface area (Å²) in [5.41, 5.74) is 1.16. The molecule has 0 aromatic carbocycles. The zero-order valence-electron chi connectivity index (χ0n) is 13.7. The molecule has 1 saturated carbocycles. The van der Waals surface area contributed by atoms with Crippen molar-refractivity contribution < 1.29 is 9.90 Å². The van der Waals surface area contributed by atoms with Crippen molar-refractivity contribution in [3.05, 3.63) is 23.4 Å². The first-order valence-corrected chi connectivity index (χ1v) is 7.62. The summed E-state index contributed by atoms with van der Waals surface area (Å²) >= 11 is 0. The highest BCUT2D eigenvalue weighted by Gasteiger charge is 2.34. The van der Waals surface area contributed by atoms with Gasteiger partial charge in [0.25, 0.3) is 0 Å². The lowest BCUT2D eigenvalue weighted by Gasteiger charge is -2.29. The molecule has 0 aliphatic heterocycles. The minimum atomic E-state index is -0.906. The SMILES string of the molecule is CC(C)(C)c1cc(C(=O)O)cc(NC2CCCC2(C)C)n1. The van der Waals surface area contributed by atoms with E-state index in [2.05, 4.69) is 24.1 Å². The molecule has 0 spiro atoms. The van der Waals surface area contributed by atoms with E-state index < -0.39 is 5.97 Å². The fourth-order valence-electron chi connectivity index (χ4n) is 2.89. The summed E-state index contributed by atoms with van der Waals surface area (Å²) in [6, 6.07) is 3.67. The fraction of sp³-hybridized carbons (Fsp3) is 0.647. The van der Waals surface area contributed by atoms with Gasteiger partial charge in [0.2, 0.25) is 0 Å². The average Bonchev–Trinajstić information content (AvgIpc) is 2.67. The third kappa shape index (κ3) is 3.55. The molecule has 4 nitrogen and oxygen atoms in total. The number of anilines is 1. The molecule has 1 unspecified atom stereocenters. The van der Waals surface area contributed by atoms with Gasteiger partial charge >= 0.3 is 5.97 Å². The van der Waals surface area contributed by atoms with Crippen LogP contribution in [0.15, 0.2) is 12.1 Å². The molecule has 21 heavy (non-hydrogen) atoms. The Balaban J connectivity index is 2.35. The molecule has 1 atom stereocenters. The number of carboxylic acid groups (broad SMARTS) is 1. The van der Waals surface area contributed by atoms with Gasteiger partial charge < -0.3 is 10.4 Å². The molecule has 1 aliphatic carbocycles. The molecule has 1 fully saturated rings. The maximum Gasteiger partial charge on any atom is 0.335 e. The third-order valence-corrected chi connectivity index (χ3v) is 4.42. The standard InChI is InChI=1S/C17H26N2O2/c1-16(2,3)13-9-11(15(20)21)10-14(19-13)18-12-7-6-8-17(12,4)5/h9-10,12H,6-8H2,1-5H3,(H,18,19)(H,20,21). The van der Waals surface area contributed by atoms with E-state index in [0.717, 1.165) is 12.1 Å². The molecule has 0 saturated heterocycles. The minimum absolute atomic E-state index is 0.174. The zero-order valence-corrected chi connectivity index (χ0v) is 13.7. The van der Waals surface area contributed by atoms with Crippen LogP contribution in [0.3, 0.4) is 0 Å². The van der Waals surface area contributed by atoms with Crippen LogP contribution in [-0.4, -0.2) is 22.1 Å². The zero-order chi connectivity index (χ0) is 15.8. The van der Waals surface area contributed by atoms with Gasteiger partial charge in [-0.1, -0.05) is 41.0 Å². The van der Waals surface area contributed by atoms with Crippen LogP contribution in [0.2, 0.25) is 0 Å². The number of hydrogen-bond donors (Lipinski definition) is 2. The number of aromatic nitrogens is 1. The summed E-state index contributed by atoms with van der Waals surface area (Å²) < 4.78 is 0. The van der Waals surface area contributed by atoms with Crippen LogP contribution in [0.5, 0.6) is 0 Å². The first kappa shape index (κ1) is 15.8. The van der Waals surface area contributed by atoms with Crippen LogP contribution in [0.4, 0.5) is 5.82 Å². The van der Waals surface area contributed by atoms with Crippen LogP contribution in [0, 0.1) is 5.41 Å². The van der Waals surface area contributed by atoms with E-state index in [-0.39, 0.29) is 10.8 Å². The topological polar surface area (TPSA) is 62.2 Å². The average molecular weight is 290 g/mol. The van der Waals surface area contributed by atoms with Gasteiger partial charge in [0.15, 0.2) is 0 Å². The van der Waals surface area contributed by atoms with Crippen molar-refractivity contribution >= 4 is 11.8 Å². The lowest BCUT2D eigenvalue weighted by Crippen LogP contribution is -2.31. The Kier molecular flexibility index (Phi) is 4.00. The quantitative estimate of drug-likeness (QED) is 0.881. The number of hydrogen-bond acceptors (Lipinski definition) is 3. The summed E-state index contributed by atoms with van der Waals surface area (Å²) in [5, 5.41) is 12.8. The van der Waals surface area contributed by atoms with Gasteiger partial charge in [0.05, 0.1) is 5.56 Å². The molecule has 1 aliphatic rings. The molecular weight excluding hydrogens is 264 g/mol. The Hall–Kier alpha value is -1.58. The number of carbonyl (C=O) groups is 1. The Bertz CT molecular complexity index is 544. The van der Waals surface area contributed by atoms with E-state index in [1.54, 1.807) is 12.1 Å². The predicted octanol–water partition coefficient (Wildman–Crippen LogP) is 4.07. The fourth-order valence-corrected chi connectivity index (χ4v) is 2.89. The highest BCUT2D eigenvalue weighted by molar-refractivity contribution is 5.88. The molecule has 2 rings (SSSR count). The van der Waals surface area contributed by atoms with Crippen molar-refractivity contribution in [1.29, 1.82) is 0 Å². The maximum atomic E-state index is 11.3. The largest absolute Gasteiger partial charge is 0.478 e. The van der Waals surface area contributed by atoms with Crippen molar-refractivity contribution in [3.8, 4) is 0 Å². The molecule has 1 aromatic heterocycles. The van der Waals surface area contributed by atoms with Crippen molar-refractivity contribution in [3.63, 3.8) is 0 Å². The van der Waals surface area contributed by atoms with Crippen LogP contribution in [-0.2, 0) is 5.41 Å². The van der Waals surface area contributed by atoms with Crippen LogP contribution in [0.25, 0.3) is 0 Å². The number of nitrogens with zero attached hydrogens (tertiary/aromatic N) is 1. The minimum Gasteiger partial charge on any atom is -0.478 e. The summed E-state index contributed by atoms with van der Waals surface area (Å²) in [6.45, 7) is 10.6. The molecule has 0 radical (unpaired) electrons. The Labute approximate surface area is 127 Å². The van der Waals surface area contributed by atoms with Gasteiger partial charge in [0.1, 0.15) is 5.82 Å². The number of aromatic carboxylic acids is 1. The molecule has 2 N–H and O–H groups in total. The van der Waals surface area contributed by atoms with E-state index in [1.165, 1.54) is 12.8 Å². The summed E-state index contributed by atoms with van der Waals surface area (Å²) in [5.74, 6) is -0.226. The second-order valence-electron chi connectivity index (χ2n) is 7.76. The van der Waals surface area contributed by atoms with Crippen molar-refractivity contribution in [2.75, 3.05) is 5.32 Å². The van der Waals surface area contributed by atoms with E-state index in [4.69, 9.17) is 0 Å². The Morgan fingerprint density at radius 2 is 2.05 bits per heavy atom. The monoisotopic (exact) mass is 290 g/mol. The van der Waals surface area contributed by atoms with E-state index in [0.29, 0.717) is 17.4 Å². The second-order valence-corrected chi connectivity index (χ2v) is 7.76. The highest BCUT2D eigenvalue weighted by Crippen LogP contribution is 2.39. The molecular formula is C17H26N2O2. The first-order valence-electron chi connectivity index (χ1n) is 7.62. The number of pyridine rings is 1. The maximum absolute atomic E-state index is 11.3. The number of nitrogens with one attached hydrogen (secondary N) is 1. The van der Waals surface area contributed by atoms with E-state index in [1.807, 2.05) is 20.8 Å². The third-order valence-electron chi connectivity index (χ3n) is 4.42. The van der Waals surface area contributed by atoms with Gasteiger partial charge in [-0.05, 0) is 30.4 Å². The van der Waals surface area contributed by atoms with Crippen LogP contribution >= 0.6 is 0 Å². The predicted molar refractivity (Wildman–Crippen MR) is 84.9 cm³/mol. The Morgan fingerprint density at radius 3 is 2.52 bits per heavy atom. The molecule has 0 bridgehead atoms. The smallest absolute Gasteiger partial charge is 0.335 e. The van der Waals surface area contributed by atoms with Gasteiger partial charge in [-0.25, -0.2) is 9.78 Å². The van der Waals surface area contributed by atoms with Gasteiger partial charge in [-0.2, -0.15) is 0 Å². The normalized spacial score (nSPS) is 21.3. The van der Waals surface area contributed by atoms with Crippen molar-refractivity contribution in [1.82, 2.24) is 4.98 Å². The number of carboxylic acids is 1. The van der Waals surface area contributed by atoms with Crippen LogP contribution in [0.1, 0.15) is 69.9 Å². The molecule has 116 valence electrons. The van der Waals surface area contributed by atoms with Crippen molar-refractivity contribution in [2.24, 2.45) is 5.41 Å². The summed E-state index contributed by atoms with van der Waals surface area (Å²) in [4.78, 5) is 16.0. The summed E-state index contributed by atoms with van der Waals surface area (Å²) in [6.07, 6.45) is 3.50. The van der Waals surface area contributed by atoms with Gasteiger partial charge in [-0.15, -0.1) is 0 Å². The van der Waals surface area contributed by atoms with Crippen LogP contribution < -0.4 is 5.32 Å². The lowest BCUT2D eigenvalue weighted by molar-refractivity contribution is 0.0696. The molecule has 4 heteroatoms. The van der Waals surface area contributed by atoms with Gasteiger partial charge in [-0.3, -0.25) is 0 Å². The lowest BCUT2D eigenvalue weighted by atomic mass is 9.87. The van der Waals surface area contributed by atoms with E-state index in [9.17, 15) is 9.90 Å². The van der Waals surface area contributed by atoms with Crippen molar-refractivity contribution in [2.45, 2.75) is 65.3 Å². The molecule has 0 amide bonds. The Morgan fingerprint density at radius 1 is 1.38 bits per heavy atom. The molecule has 1 heterocycles. The van der Waals surface area contributed by atoms with E-state index >= 15 is 0 Å². The number of rotatable bonds is 3.